The van der Waals surface area contributed by atoms with Crippen LogP contribution in [0.3, 0.4) is 0 Å². The molecular weight excluding hydrogens is 247 g/mol. The van der Waals surface area contributed by atoms with Crippen molar-refractivity contribution in [1.82, 2.24) is 4.90 Å². The van der Waals surface area contributed by atoms with E-state index in [0.717, 1.165) is 0 Å². The van der Waals surface area contributed by atoms with Crippen LogP contribution in [-0.4, -0.2) is 35.9 Å². The van der Waals surface area contributed by atoms with E-state index in [1.807, 2.05) is 0 Å². The zero-order valence-corrected chi connectivity index (χ0v) is 11.0. The van der Waals surface area contributed by atoms with E-state index >= 15 is 0 Å². The standard InChI is InChI=1S/C12H20F3NO2/c1-11(2,3)18-10(17)16-7-4-5-9(6-8-16)12(13,14)15/h9H,4-8H2,1-3H3. The second kappa shape index (κ2) is 5.36. The molecule has 1 fully saturated rings. The van der Waals surface area contributed by atoms with Gasteiger partial charge >= 0.3 is 12.3 Å². The number of carbonyl (C=O) groups excluding carboxylic acids is 1. The van der Waals surface area contributed by atoms with Crippen LogP contribution >= 0.6 is 0 Å². The molecule has 3 nitrogen and oxygen atoms in total. The van der Waals surface area contributed by atoms with Crippen molar-refractivity contribution in [1.29, 1.82) is 0 Å². The number of alkyl halides is 3. The number of amides is 1. The van der Waals surface area contributed by atoms with E-state index < -0.39 is 23.8 Å². The van der Waals surface area contributed by atoms with Crippen molar-refractivity contribution >= 4 is 6.09 Å². The summed E-state index contributed by atoms with van der Waals surface area (Å²) in [5.74, 6) is -1.30. The van der Waals surface area contributed by atoms with E-state index in [0.29, 0.717) is 13.0 Å². The van der Waals surface area contributed by atoms with Crippen LogP contribution in [0, 0.1) is 5.92 Å². The molecule has 0 N–H and O–H groups in total. The molecule has 0 aliphatic carbocycles. The number of rotatable bonds is 0. The Bertz CT molecular complexity index is 297. The van der Waals surface area contributed by atoms with Gasteiger partial charge in [0.05, 0.1) is 5.92 Å². The number of hydrogen-bond donors (Lipinski definition) is 0. The van der Waals surface area contributed by atoms with Crippen molar-refractivity contribution in [3.8, 4) is 0 Å². The maximum absolute atomic E-state index is 12.6. The van der Waals surface area contributed by atoms with Gasteiger partial charge in [-0.05, 0) is 40.0 Å². The third kappa shape index (κ3) is 4.74. The van der Waals surface area contributed by atoms with Crippen LogP contribution in [0.4, 0.5) is 18.0 Å². The predicted octanol–water partition coefficient (Wildman–Crippen LogP) is 3.59. The summed E-state index contributed by atoms with van der Waals surface area (Å²) >= 11 is 0. The second-order valence-electron chi connectivity index (χ2n) is 5.64. The molecule has 1 amide bonds. The van der Waals surface area contributed by atoms with Crippen molar-refractivity contribution in [3.63, 3.8) is 0 Å². The summed E-state index contributed by atoms with van der Waals surface area (Å²) in [6.07, 6.45) is -4.27. The SMILES string of the molecule is CC(C)(C)OC(=O)N1CCCC(C(F)(F)F)CC1. The van der Waals surface area contributed by atoms with Crippen LogP contribution in [0.15, 0.2) is 0 Å². The lowest BCUT2D eigenvalue weighted by atomic mass is 10.0. The van der Waals surface area contributed by atoms with Crippen molar-refractivity contribution in [3.05, 3.63) is 0 Å². The number of carbonyl (C=O) groups is 1. The minimum atomic E-state index is -4.16. The van der Waals surface area contributed by atoms with E-state index in [4.69, 9.17) is 4.74 Å². The summed E-state index contributed by atoms with van der Waals surface area (Å²) in [5, 5.41) is 0. The molecule has 1 aliphatic rings. The normalized spacial score (nSPS) is 22.6. The molecule has 1 saturated heterocycles. The smallest absolute Gasteiger partial charge is 0.410 e. The van der Waals surface area contributed by atoms with E-state index in [9.17, 15) is 18.0 Å². The fourth-order valence-corrected chi connectivity index (χ4v) is 1.93. The molecule has 0 spiro atoms. The number of hydrogen-bond acceptors (Lipinski definition) is 2. The van der Waals surface area contributed by atoms with Crippen LogP contribution in [0.2, 0.25) is 0 Å². The lowest BCUT2D eigenvalue weighted by Crippen LogP contribution is -2.37. The summed E-state index contributed by atoms with van der Waals surface area (Å²) in [4.78, 5) is 13.1. The highest BCUT2D eigenvalue weighted by molar-refractivity contribution is 5.68. The van der Waals surface area contributed by atoms with Gasteiger partial charge in [0.2, 0.25) is 0 Å². The fourth-order valence-electron chi connectivity index (χ4n) is 1.93. The lowest BCUT2D eigenvalue weighted by Gasteiger charge is -2.26. The maximum atomic E-state index is 12.6. The number of nitrogens with zero attached hydrogens (tertiary/aromatic N) is 1. The Balaban J connectivity index is 2.54. The van der Waals surface area contributed by atoms with Gasteiger partial charge in [-0.15, -0.1) is 0 Å². The lowest BCUT2D eigenvalue weighted by molar-refractivity contribution is -0.177. The molecule has 0 aromatic carbocycles. The average molecular weight is 267 g/mol. The van der Waals surface area contributed by atoms with Crippen molar-refractivity contribution in [2.75, 3.05) is 13.1 Å². The zero-order chi connectivity index (χ0) is 14.0. The Labute approximate surface area is 105 Å². The monoisotopic (exact) mass is 267 g/mol. The Morgan fingerprint density at radius 1 is 1.17 bits per heavy atom. The first-order valence-electron chi connectivity index (χ1n) is 6.14. The molecule has 106 valence electrons. The largest absolute Gasteiger partial charge is 0.444 e. The van der Waals surface area contributed by atoms with Crippen LogP contribution in [0.1, 0.15) is 40.0 Å². The maximum Gasteiger partial charge on any atom is 0.410 e. The van der Waals surface area contributed by atoms with Gasteiger partial charge in [-0.2, -0.15) is 13.2 Å². The van der Waals surface area contributed by atoms with Crippen molar-refractivity contribution in [2.24, 2.45) is 5.92 Å². The summed E-state index contributed by atoms with van der Waals surface area (Å²) < 4.78 is 42.9. The van der Waals surface area contributed by atoms with Crippen molar-refractivity contribution < 1.29 is 22.7 Å². The summed E-state index contributed by atoms with van der Waals surface area (Å²) in [5.41, 5.74) is -0.618. The van der Waals surface area contributed by atoms with Crippen molar-refractivity contribution in [2.45, 2.75) is 51.8 Å². The molecule has 1 atom stereocenters. The van der Waals surface area contributed by atoms with Crippen LogP contribution in [0.5, 0.6) is 0 Å². The quantitative estimate of drug-likeness (QED) is 0.671. The van der Waals surface area contributed by atoms with Gasteiger partial charge in [0, 0.05) is 13.1 Å². The molecule has 0 saturated carbocycles. The molecule has 0 bridgehead atoms. The summed E-state index contributed by atoms with van der Waals surface area (Å²) in [6, 6.07) is 0. The minimum Gasteiger partial charge on any atom is -0.444 e. The second-order valence-corrected chi connectivity index (χ2v) is 5.64. The Morgan fingerprint density at radius 3 is 2.28 bits per heavy atom. The number of likely N-dealkylation sites (tertiary alicyclic amines) is 1. The third-order valence-corrected chi connectivity index (χ3v) is 2.84. The Kier molecular flexibility index (Phi) is 4.50. The first kappa shape index (κ1) is 15.1. The number of halogens is 3. The minimum absolute atomic E-state index is 0.0389. The van der Waals surface area contributed by atoms with Gasteiger partial charge in [-0.3, -0.25) is 0 Å². The fraction of sp³-hybridized carbons (Fsp3) is 0.917. The van der Waals surface area contributed by atoms with E-state index in [1.165, 1.54) is 4.90 Å². The highest BCUT2D eigenvalue weighted by Gasteiger charge is 2.40. The Morgan fingerprint density at radius 2 is 1.78 bits per heavy atom. The van der Waals surface area contributed by atoms with Crippen LogP contribution < -0.4 is 0 Å². The summed E-state index contributed by atoms with van der Waals surface area (Å²) in [7, 11) is 0. The molecule has 1 rings (SSSR count). The molecular formula is C12H20F3NO2. The average Bonchev–Trinajstić information content (AvgIpc) is 2.38. The van der Waals surface area contributed by atoms with Gasteiger partial charge < -0.3 is 9.64 Å². The molecule has 0 aromatic rings. The first-order valence-corrected chi connectivity index (χ1v) is 6.14. The highest BCUT2D eigenvalue weighted by Crippen LogP contribution is 2.34. The predicted molar refractivity (Wildman–Crippen MR) is 61.2 cm³/mol. The topological polar surface area (TPSA) is 29.5 Å². The molecule has 0 radical (unpaired) electrons. The van der Waals surface area contributed by atoms with E-state index in [1.54, 1.807) is 20.8 Å². The molecule has 1 aliphatic heterocycles. The van der Waals surface area contributed by atoms with Gasteiger partial charge in [-0.1, -0.05) is 0 Å². The van der Waals surface area contributed by atoms with Gasteiger partial charge in [0.15, 0.2) is 0 Å². The first-order chi connectivity index (χ1) is 8.09. The van der Waals surface area contributed by atoms with Gasteiger partial charge in [0.25, 0.3) is 0 Å². The Hall–Kier alpha value is -0.940. The van der Waals surface area contributed by atoms with E-state index in [-0.39, 0.29) is 19.4 Å². The molecule has 1 unspecified atom stereocenters. The van der Waals surface area contributed by atoms with Gasteiger partial charge in [-0.25, -0.2) is 4.79 Å². The van der Waals surface area contributed by atoms with E-state index in [2.05, 4.69) is 0 Å². The summed E-state index contributed by atoms with van der Waals surface area (Å²) in [6.45, 7) is 5.66. The highest BCUT2D eigenvalue weighted by atomic mass is 19.4. The van der Waals surface area contributed by atoms with Crippen LogP contribution in [0.25, 0.3) is 0 Å². The molecule has 0 aromatic heterocycles. The zero-order valence-electron chi connectivity index (χ0n) is 11.0. The molecule has 6 heteroatoms. The molecule has 1 heterocycles. The van der Waals surface area contributed by atoms with Gasteiger partial charge in [0.1, 0.15) is 5.60 Å². The number of ether oxygens (including phenoxy) is 1. The molecule has 18 heavy (non-hydrogen) atoms. The van der Waals surface area contributed by atoms with Crippen LogP contribution in [-0.2, 0) is 4.74 Å². The third-order valence-electron chi connectivity index (χ3n) is 2.84.